The Balaban J connectivity index is 1.38. The van der Waals surface area contributed by atoms with Gasteiger partial charge in [0.2, 0.25) is 0 Å². The van der Waals surface area contributed by atoms with Crippen LogP contribution in [-0.2, 0) is 31.1 Å². The van der Waals surface area contributed by atoms with E-state index in [1.165, 1.54) is 72.8 Å². The van der Waals surface area contributed by atoms with E-state index in [4.69, 9.17) is 18.9 Å². The van der Waals surface area contributed by atoms with Crippen LogP contribution in [0.2, 0.25) is 0 Å². The van der Waals surface area contributed by atoms with E-state index < -0.39 is 32.9 Å². The molecule has 0 spiro atoms. The summed E-state index contributed by atoms with van der Waals surface area (Å²) in [7, 11) is 0. The molecule has 6 N–H and O–H groups in total. The molecule has 7 aromatic rings. The third kappa shape index (κ3) is 16.6. The maximum Gasteiger partial charge on any atom is 0.323 e. The van der Waals surface area contributed by atoms with Crippen LogP contribution in [0, 0.1) is 30.3 Å². The van der Waals surface area contributed by atoms with E-state index in [9.17, 15) is 44.7 Å². The number of hydrogen-bond donors (Lipinski definition) is 6. The number of fused-ring (bicyclic) bond motifs is 8. The smallest absolute Gasteiger partial charge is 0.323 e. The monoisotopic (exact) mass is 1190 g/mol. The van der Waals surface area contributed by atoms with E-state index in [0.717, 1.165) is 16.7 Å². The first-order chi connectivity index (χ1) is 41.7. The molecule has 0 unspecified atom stereocenters. The van der Waals surface area contributed by atoms with Gasteiger partial charge >= 0.3 is 18.1 Å². The Hall–Kier alpha value is -10.3. The van der Waals surface area contributed by atoms with Crippen LogP contribution in [-0.4, -0.2) is 59.3 Å². The zero-order valence-corrected chi connectivity index (χ0v) is 49.7. The number of non-ortho nitro benzene ring substituents is 3. The number of ether oxygens (including phenoxy) is 4. The summed E-state index contributed by atoms with van der Waals surface area (Å²) in [6.45, 7) is 15.7. The number of amides is 6. The van der Waals surface area contributed by atoms with Crippen LogP contribution in [0.25, 0.3) is 0 Å². The highest BCUT2D eigenvalue weighted by Crippen LogP contribution is 2.44. The van der Waals surface area contributed by atoms with Gasteiger partial charge in [0.15, 0.2) is 0 Å². The highest BCUT2D eigenvalue weighted by Gasteiger charge is 2.28. The van der Waals surface area contributed by atoms with E-state index >= 15 is 0 Å². The lowest BCUT2D eigenvalue weighted by Crippen LogP contribution is -2.20. The van der Waals surface area contributed by atoms with Crippen molar-refractivity contribution in [3.05, 3.63) is 202 Å². The molecule has 6 amide bonds. The number of nitro groups is 3. The number of urea groups is 3. The van der Waals surface area contributed by atoms with Crippen molar-refractivity contribution in [3.63, 3.8) is 0 Å². The summed E-state index contributed by atoms with van der Waals surface area (Å²) in [5.41, 5.74) is 7.80. The molecule has 0 fully saturated rings. The van der Waals surface area contributed by atoms with Gasteiger partial charge < -0.3 is 50.8 Å². The van der Waals surface area contributed by atoms with E-state index in [2.05, 4.69) is 64.8 Å². The number of nitrogens with zero attached hydrogens (tertiary/aromatic N) is 3. The first kappa shape index (κ1) is 62.8. The van der Waals surface area contributed by atoms with Crippen molar-refractivity contribution < 1.29 is 48.1 Å². The quantitative estimate of drug-likeness (QED) is 0.0289. The molecule has 0 aliphatic heterocycles. The predicted octanol–water partition coefficient (Wildman–Crippen LogP) is 15.5. The zero-order valence-electron chi connectivity index (χ0n) is 49.7. The summed E-state index contributed by atoms with van der Waals surface area (Å²) in [4.78, 5) is 75.0. The van der Waals surface area contributed by atoms with Gasteiger partial charge in [0, 0.05) is 130 Å². The third-order valence-corrected chi connectivity index (χ3v) is 13.9. The summed E-state index contributed by atoms with van der Waals surface area (Å²) in [6, 6.07) is 29.8. The van der Waals surface area contributed by atoms with Gasteiger partial charge in [-0.3, -0.25) is 30.3 Å². The Bertz CT molecular complexity index is 3500. The van der Waals surface area contributed by atoms with Crippen LogP contribution in [0.5, 0.6) is 23.0 Å². The number of anilines is 6. The van der Waals surface area contributed by atoms with Gasteiger partial charge in [-0.15, -0.1) is 0 Å². The van der Waals surface area contributed by atoms with Gasteiger partial charge in [-0.1, -0.05) is 60.6 Å². The van der Waals surface area contributed by atoms with Gasteiger partial charge in [0.1, 0.15) is 23.0 Å². The third-order valence-electron chi connectivity index (χ3n) is 13.9. The standard InChI is InChI=1S/C65H71N9O13/c1-8-24-84-58-40-28-42-34-52(69-62(75)66-49-12-18-55(19-13-49)72(78)79)36-44(59(42)85-25-9-2)30-46-38-54(71-64(77)68-51-16-22-57(23-17-51)74(82)83)39-47(61(46)87-27-11-4)31-45-37-53(70-63(76)67-50-14-20-56(21-15-50)73(80)81)35-43(60(45)86-26-10-3)29-41(58)33-48(32-40)65(5,6)7/h12-23,32-39H,8-11,24-31H2,1-7H3,(H2,66,69,75)(H2,67,70,76)(H2,68,71,77). The van der Waals surface area contributed by atoms with E-state index in [0.29, 0.717) is 136 Å². The first-order valence-corrected chi connectivity index (χ1v) is 28.8. The van der Waals surface area contributed by atoms with Crippen LogP contribution >= 0.6 is 0 Å². The minimum Gasteiger partial charge on any atom is -0.493 e. The highest BCUT2D eigenvalue weighted by molar-refractivity contribution is 6.01. The summed E-state index contributed by atoms with van der Waals surface area (Å²) in [6.07, 6.45) is 3.31. The van der Waals surface area contributed by atoms with Crippen molar-refractivity contribution in [1.29, 1.82) is 0 Å². The number of carbonyl (C=O) groups is 3. The molecule has 8 rings (SSSR count). The van der Waals surface area contributed by atoms with Gasteiger partial charge in [-0.05, 0) is 121 Å². The Kier molecular flexibility index (Phi) is 20.6. The summed E-state index contributed by atoms with van der Waals surface area (Å²) >= 11 is 0. The van der Waals surface area contributed by atoms with Crippen molar-refractivity contribution in [2.75, 3.05) is 58.3 Å². The molecule has 7 aromatic carbocycles. The minimum atomic E-state index is -0.652. The Morgan fingerprint density at radius 3 is 0.770 bits per heavy atom. The average molecular weight is 1190 g/mol. The molecule has 22 heteroatoms. The van der Waals surface area contributed by atoms with Gasteiger partial charge in [0.25, 0.3) is 17.1 Å². The van der Waals surface area contributed by atoms with Crippen LogP contribution < -0.4 is 50.8 Å². The number of carbonyl (C=O) groups excluding carboxylic acids is 3. The van der Waals surface area contributed by atoms with Crippen molar-refractivity contribution in [1.82, 2.24) is 0 Å². The molecule has 0 heterocycles. The second-order valence-electron chi connectivity index (χ2n) is 22.0. The van der Waals surface area contributed by atoms with Crippen LogP contribution in [0.1, 0.15) is 124 Å². The van der Waals surface area contributed by atoms with E-state index in [1.54, 1.807) is 12.1 Å². The zero-order chi connectivity index (χ0) is 62.4. The van der Waals surface area contributed by atoms with Gasteiger partial charge in [-0.2, -0.15) is 0 Å². The second kappa shape index (κ2) is 28.6. The van der Waals surface area contributed by atoms with Gasteiger partial charge in [0.05, 0.1) is 41.2 Å². The van der Waals surface area contributed by atoms with Gasteiger partial charge in [-0.25, -0.2) is 14.4 Å². The topological polar surface area (TPSA) is 290 Å². The van der Waals surface area contributed by atoms with Crippen molar-refractivity contribution in [2.45, 2.75) is 105 Å². The molecule has 0 saturated heterocycles. The maximum atomic E-state index is 14.1. The lowest BCUT2D eigenvalue weighted by atomic mass is 9.82. The van der Waals surface area contributed by atoms with E-state index in [1.807, 2.05) is 52.0 Å². The largest absolute Gasteiger partial charge is 0.493 e. The molecule has 8 bridgehead atoms. The van der Waals surface area contributed by atoms with Crippen molar-refractivity contribution in [3.8, 4) is 23.0 Å². The first-order valence-electron chi connectivity index (χ1n) is 28.8. The van der Waals surface area contributed by atoms with Crippen LogP contribution in [0.4, 0.5) is 65.6 Å². The number of rotatable bonds is 21. The fraction of sp³-hybridized carbons (Fsp3) is 0.308. The lowest BCUT2D eigenvalue weighted by molar-refractivity contribution is -0.385. The Morgan fingerprint density at radius 1 is 0.368 bits per heavy atom. The normalized spacial score (nSPS) is 11.8. The van der Waals surface area contributed by atoms with E-state index in [-0.39, 0.29) is 54.8 Å². The predicted molar refractivity (Wildman–Crippen MR) is 336 cm³/mol. The number of hydrogen-bond acceptors (Lipinski definition) is 13. The number of nitrogens with one attached hydrogen (secondary N) is 6. The van der Waals surface area contributed by atoms with Crippen LogP contribution in [0.15, 0.2) is 121 Å². The molecule has 0 radical (unpaired) electrons. The highest BCUT2D eigenvalue weighted by atomic mass is 16.6. The molecule has 1 aliphatic carbocycles. The number of benzene rings is 7. The molecular formula is C65H71N9O13. The summed E-state index contributed by atoms with van der Waals surface area (Å²) < 4.78 is 27.3. The summed E-state index contributed by atoms with van der Waals surface area (Å²) in [5, 5.41) is 51.8. The molecule has 0 saturated carbocycles. The molecule has 454 valence electrons. The minimum absolute atomic E-state index is 0.110. The molecular weight excluding hydrogens is 1110 g/mol. The molecule has 1 aliphatic rings. The fourth-order valence-corrected chi connectivity index (χ4v) is 9.98. The second-order valence-corrected chi connectivity index (χ2v) is 22.0. The summed E-state index contributed by atoms with van der Waals surface area (Å²) in [5.74, 6) is 2.22. The average Bonchev–Trinajstić information content (AvgIpc) is 2.14. The molecule has 0 aromatic heterocycles. The maximum absolute atomic E-state index is 14.1. The SMILES string of the molecule is CCCOc1c2cc(NC(=O)Nc3ccc([N+](=O)[O-])cc3)cc1Cc1cc(NC(=O)Nc3ccc([N+](=O)[O-])cc3)cc(c1OCCC)Cc1cc(C(C)(C)C)cc(c1OCCC)Cc1cc(NC(=O)Nc3ccc([N+](=O)[O-])cc3)cc(c1OCCC)C2. The van der Waals surface area contributed by atoms with Crippen molar-refractivity contribution in [2.24, 2.45) is 0 Å². The molecule has 0 atom stereocenters. The Labute approximate surface area is 503 Å². The fourth-order valence-electron chi connectivity index (χ4n) is 9.98. The lowest BCUT2D eigenvalue weighted by Gasteiger charge is -2.27. The molecule has 22 nitrogen and oxygen atoms in total. The molecule has 87 heavy (non-hydrogen) atoms. The van der Waals surface area contributed by atoms with Crippen molar-refractivity contribution >= 4 is 69.3 Å². The Morgan fingerprint density at radius 2 is 0.575 bits per heavy atom. The number of nitro benzene ring substituents is 3. The van der Waals surface area contributed by atoms with Crippen LogP contribution in [0.3, 0.4) is 0 Å².